The molecule has 1 unspecified atom stereocenters. The summed E-state index contributed by atoms with van der Waals surface area (Å²) in [6.45, 7) is 4.03. The van der Waals surface area contributed by atoms with Gasteiger partial charge >= 0.3 is 0 Å². The molecule has 2 fully saturated rings. The second kappa shape index (κ2) is 8.08. The van der Waals surface area contributed by atoms with Crippen LogP contribution in [0.15, 0.2) is 54.6 Å². The summed E-state index contributed by atoms with van der Waals surface area (Å²) in [5.74, 6) is -0.387. The molecule has 2 heterocycles. The quantitative estimate of drug-likeness (QED) is 0.740. The molecule has 0 spiro atoms. The highest BCUT2D eigenvalue weighted by Gasteiger charge is 2.55. The van der Waals surface area contributed by atoms with Gasteiger partial charge in [-0.15, -0.1) is 0 Å². The van der Waals surface area contributed by atoms with Gasteiger partial charge < -0.3 is 24.4 Å². The van der Waals surface area contributed by atoms with E-state index in [1.54, 1.807) is 24.1 Å². The monoisotopic (exact) mass is 410 g/mol. The molecule has 2 saturated heterocycles. The molecule has 158 valence electrons. The van der Waals surface area contributed by atoms with Gasteiger partial charge in [0.05, 0.1) is 26.2 Å². The van der Waals surface area contributed by atoms with Crippen molar-refractivity contribution in [1.29, 1.82) is 0 Å². The number of carbonyl (C=O) groups excluding carboxylic acids is 2. The Hall–Kier alpha value is -2.90. The van der Waals surface area contributed by atoms with E-state index in [0.29, 0.717) is 12.4 Å². The highest BCUT2D eigenvalue weighted by Crippen LogP contribution is 2.36. The standard InChI is InChI=1S/C23H26N2O5/c1-23(2)29-14-18(30-23)21-20(24-19(26)13-15-7-5-4-6-8-15)22(27)25(21)16-9-11-17(28-3)12-10-16/h4-12,18,20-21H,13-14H2,1-3H3,(H,24,26)/t18?,20-,21+/m0/s1. The van der Waals surface area contributed by atoms with E-state index >= 15 is 0 Å². The van der Waals surface area contributed by atoms with Gasteiger partial charge in [-0.3, -0.25) is 9.59 Å². The van der Waals surface area contributed by atoms with E-state index in [0.717, 1.165) is 11.3 Å². The number of benzene rings is 2. The van der Waals surface area contributed by atoms with Crippen molar-refractivity contribution in [3.8, 4) is 5.75 Å². The number of β-lactam (4-membered cyclic amide) rings is 1. The fourth-order valence-corrected chi connectivity index (χ4v) is 3.97. The summed E-state index contributed by atoms with van der Waals surface area (Å²) in [4.78, 5) is 27.3. The average Bonchev–Trinajstić information content (AvgIpc) is 3.09. The number of nitrogens with zero attached hydrogens (tertiary/aromatic N) is 1. The van der Waals surface area contributed by atoms with Gasteiger partial charge in [-0.25, -0.2) is 0 Å². The summed E-state index contributed by atoms with van der Waals surface area (Å²) < 4.78 is 17.0. The lowest BCUT2D eigenvalue weighted by Gasteiger charge is -2.49. The number of hydrogen-bond acceptors (Lipinski definition) is 5. The van der Waals surface area contributed by atoms with E-state index in [2.05, 4.69) is 5.32 Å². The largest absolute Gasteiger partial charge is 0.497 e. The Balaban J connectivity index is 1.53. The van der Waals surface area contributed by atoms with Crippen LogP contribution in [0.25, 0.3) is 0 Å². The van der Waals surface area contributed by atoms with Gasteiger partial charge in [0, 0.05) is 5.69 Å². The van der Waals surface area contributed by atoms with Crippen molar-refractivity contribution in [3.05, 3.63) is 60.2 Å². The van der Waals surface area contributed by atoms with Gasteiger partial charge in [-0.2, -0.15) is 0 Å². The van der Waals surface area contributed by atoms with Crippen molar-refractivity contribution < 1.29 is 23.8 Å². The minimum Gasteiger partial charge on any atom is -0.497 e. The maximum absolute atomic E-state index is 13.0. The molecule has 2 aromatic carbocycles. The molecule has 0 bridgehead atoms. The highest BCUT2D eigenvalue weighted by atomic mass is 16.7. The van der Waals surface area contributed by atoms with Crippen LogP contribution in [-0.2, 0) is 25.5 Å². The van der Waals surface area contributed by atoms with Gasteiger partial charge in [0.1, 0.15) is 17.9 Å². The van der Waals surface area contributed by atoms with Crippen molar-refractivity contribution in [1.82, 2.24) is 5.32 Å². The molecule has 2 aliphatic heterocycles. The van der Waals surface area contributed by atoms with Gasteiger partial charge in [0.2, 0.25) is 5.91 Å². The number of rotatable bonds is 6. The Morgan fingerprint density at radius 1 is 1.17 bits per heavy atom. The summed E-state index contributed by atoms with van der Waals surface area (Å²) in [6, 6.07) is 15.7. The van der Waals surface area contributed by atoms with Crippen LogP contribution in [0, 0.1) is 0 Å². The van der Waals surface area contributed by atoms with Crippen LogP contribution in [0.2, 0.25) is 0 Å². The molecule has 7 nitrogen and oxygen atoms in total. The fraction of sp³-hybridized carbons (Fsp3) is 0.391. The van der Waals surface area contributed by atoms with E-state index in [4.69, 9.17) is 14.2 Å². The maximum Gasteiger partial charge on any atom is 0.252 e. The molecular weight excluding hydrogens is 384 g/mol. The second-order valence-electron chi connectivity index (χ2n) is 7.97. The molecule has 30 heavy (non-hydrogen) atoms. The van der Waals surface area contributed by atoms with Gasteiger partial charge in [0.25, 0.3) is 5.91 Å². The Morgan fingerprint density at radius 2 is 1.87 bits per heavy atom. The molecule has 3 atom stereocenters. The topological polar surface area (TPSA) is 77.1 Å². The number of amides is 2. The predicted molar refractivity (Wildman–Crippen MR) is 111 cm³/mol. The molecule has 0 aliphatic carbocycles. The number of methoxy groups -OCH3 is 1. The van der Waals surface area contributed by atoms with Crippen LogP contribution in [0.1, 0.15) is 19.4 Å². The lowest BCUT2D eigenvalue weighted by Crippen LogP contribution is -2.75. The lowest BCUT2D eigenvalue weighted by molar-refractivity contribution is -0.151. The Kier molecular flexibility index (Phi) is 5.49. The SMILES string of the molecule is COc1ccc(N2C(=O)[C@@H](NC(=O)Cc3ccccc3)[C@H]2C2COC(C)(C)O2)cc1. The van der Waals surface area contributed by atoms with E-state index in [1.807, 2.05) is 56.3 Å². The first-order chi connectivity index (χ1) is 14.4. The van der Waals surface area contributed by atoms with Crippen molar-refractivity contribution in [2.75, 3.05) is 18.6 Å². The van der Waals surface area contributed by atoms with Crippen molar-refractivity contribution in [2.24, 2.45) is 0 Å². The number of nitrogens with one attached hydrogen (secondary N) is 1. The molecular formula is C23H26N2O5. The third kappa shape index (κ3) is 4.04. The molecule has 7 heteroatoms. The third-order valence-electron chi connectivity index (χ3n) is 5.43. The smallest absolute Gasteiger partial charge is 0.252 e. The van der Waals surface area contributed by atoms with E-state index in [1.165, 1.54) is 0 Å². The molecule has 4 rings (SSSR count). The van der Waals surface area contributed by atoms with Crippen LogP contribution < -0.4 is 15.0 Å². The summed E-state index contributed by atoms with van der Waals surface area (Å²) in [7, 11) is 1.59. The number of ether oxygens (including phenoxy) is 3. The fourth-order valence-electron chi connectivity index (χ4n) is 3.97. The molecule has 2 aliphatic rings. The Morgan fingerprint density at radius 3 is 2.47 bits per heavy atom. The van der Waals surface area contributed by atoms with Crippen molar-refractivity contribution in [3.63, 3.8) is 0 Å². The first-order valence-electron chi connectivity index (χ1n) is 10.0. The predicted octanol–water partition coefficient (Wildman–Crippen LogP) is 2.29. The van der Waals surface area contributed by atoms with Crippen LogP contribution >= 0.6 is 0 Å². The normalized spacial score (nSPS) is 25.0. The molecule has 0 saturated carbocycles. The highest BCUT2D eigenvalue weighted by molar-refractivity contribution is 6.07. The van der Waals surface area contributed by atoms with Crippen molar-refractivity contribution >= 4 is 17.5 Å². The number of carbonyl (C=O) groups is 2. The van der Waals surface area contributed by atoms with Crippen LogP contribution in [0.3, 0.4) is 0 Å². The molecule has 2 amide bonds. The zero-order chi connectivity index (χ0) is 21.3. The number of anilines is 1. The minimum atomic E-state index is -0.729. The van der Waals surface area contributed by atoms with E-state index in [9.17, 15) is 9.59 Å². The minimum absolute atomic E-state index is 0.167. The van der Waals surface area contributed by atoms with Gasteiger partial charge in [0.15, 0.2) is 5.79 Å². The molecule has 0 aromatic heterocycles. The number of hydrogen-bond donors (Lipinski definition) is 1. The van der Waals surface area contributed by atoms with E-state index in [-0.39, 0.29) is 30.4 Å². The molecule has 2 aromatic rings. The summed E-state index contributed by atoms with van der Waals surface area (Å²) in [5, 5.41) is 2.90. The van der Waals surface area contributed by atoms with Crippen LogP contribution in [-0.4, -0.2) is 49.5 Å². The first kappa shape index (κ1) is 20.4. The summed E-state index contributed by atoms with van der Waals surface area (Å²) in [5.41, 5.74) is 1.62. The van der Waals surface area contributed by atoms with Crippen molar-refractivity contribution in [2.45, 2.75) is 44.2 Å². The van der Waals surface area contributed by atoms with Crippen LogP contribution in [0.4, 0.5) is 5.69 Å². The first-order valence-corrected chi connectivity index (χ1v) is 10.0. The summed E-state index contributed by atoms with van der Waals surface area (Å²) >= 11 is 0. The molecule has 1 N–H and O–H groups in total. The average molecular weight is 410 g/mol. The zero-order valence-electron chi connectivity index (χ0n) is 17.3. The summed E-state index contributed by atoms with van der Waals surface area (Å²) in [6.07, 6.45) is -0.130. The lowest BCUT2D eigenvalue weighted by atomic mass is 9.89. The van der Waals surface area contributed by atoms with Gasteiger partial charge in [-0.1, -0.05) is 30.3 Å². The second-order valence-corrected chi connectivity index (χ2v) is 7.97. The van der Waals surface area contributed by atoms with E-state index < -0.39 is 11.8 Å². The Labute approximate surface area is 175 Å². The zero-order valence-corrected chi connectivity index (χ0v) is 17.3. The Bertz CT molecular complexity index is 913. The maximum atomic E-state index is 13.0. The van der Waals surface area contributed by atoms with Gasteiger partial charge in [-0.05, 0) is 43.7 Å². The molecule has 0 radical (unpaired) electrons. The van der Waals surface area contributed by atoms with Crippen LogP contribution in [0.5, 0.6) is 5.75 Å². The third-order valence-corrected chi connectivity index (χ3v) is 5.43.